The molecule has 3 heterocycles. The van der Waals surface area contributed by atoms with E-state index in [1.807, 2.05) is 42.3 Å². The number of halogens is 1. The first-order valence-corrected chi connectivity index (χ1v) is 11.1. The number of nitrogens with zero attached hydrogens (tertiary/aromatic N) is 5. The Morgan fingerprint density at radius 3 is 2.62 bits per heavy atom. The molecule has 0 saturated carbocycles. The van der Waals surface area contributed by atoms with E-state index in [0.717, 1.165) is 15.7 Å². The monoisotopic (exact) mass is 471 g/mol. The largest absolute Gasteiger partial charge is 0.352 e. The van der Waals surface area contributed by atoms with Gasteiger partial charge in [-0.3, -0.25) is 10.1 Å². The maximum absolute atomic E-state index is 12.0. The van der Waals surface area contributed by atoms with E-state index in [1.54, 1.807) is 20.0 Å². The third-order valence-electron chi connectivity index (χ3n) is 5.22. The zero-order chi connectivity index (χ0) is 22.9. The van der Waals surface area contributed by atoms with Crippen LogP contribution in [-0.4, -0.2) is 57.5 Å². The molecule has 2 aromatic heterocycles. The van der Waals surface area contributed by atoms with Crippen molar-refractivity contribution in [2.75, 3.05) is 30.4 Å². The van der Waals surface area contributed by atoms with Crippen LogP contribution in [0.3, 0.4) is 0 Å². The van der Waals surface area contributed by atoms with Crippen molar-refractivity contribution in [3.05, 3.63) is 47.7 Å². The molecule has 166 valence electrons. The number of carbonyl (C=O) groups excluding carboxylic acids is 2. The first-order chi connectivity index (χ1) is 15.3. The van der Waals surface area contributed by atoms with E-state index >= 15 is 0 Å². The van der Waals surface area contributed by atoms with Gasteiger partial charge in [0.1, 0.15) is 11.2 Å². The van der Waals surface area contributed by atoms with E-state index in [-0.39, 0.29) is 5.91 Å². The highest BCUT2D eigenvalue weighted by molar-refractivity contribution is 7.19. The summed E-state index contributed by atoms with van der Waals surface area (Å²) in [5.74, 6) is 0.0634. The van der Waals surface area contributed by atoms with Gasteiger partial charge >= 0.3 is 6.03 Å². The molecule has 9 nitrogen and oxygen atoms in total. The van der Waals surface area contributed by atoms with Crippen molar-refractivity contribution in [2.24, 2.45) is 0 Å². The molecule has 0 spiro atoms. The lowest BCUT2D eigenvalue weighted by Crippen LogP contribution is -2.46. The van der Waals surface area contributed by atoms with Crippen LogP contribution in [0.5, 0.6) is 0 Å². The number of nitrogens with one attached hydrogen (secondary N) is 2. The Bertz CT molecular complexity index is 1150. The number of imide groups is 1. The molecule has 0 aliphatic carbocycles. The average Bonchev–Trinajstić information content (AvgIpc) is 3.33. The molecule has 0 bridgehead atoms. The predicted molar refractivity (Wildman–Crippen MR) is 125 cm³/mol. The quantitative estimate of drug-likeness (QED) is 0.505. The minimum atomic E-state index is -0.894. The molecule has 4 rings (SSSR count). The molecule has 1 aliphatic heterocycles. The topological polar surface area (TPSA) is 103 Å². The van der Waals surface area contributed by atoms with Gasteiger partial charge in [-0.2, -0.15) is 0 Å². The van der Waals surface area contributed by atoms with Gasteiger partial charge in [0, 0.05) is 32.0 Å². The molecular weight excluding hydrogens is 450 g/mol. The molecule has 3 amide bonds. The molecule has 1 fully saturated rings. The fourth-order valence-corrected chi connectivity index (χ4v) is 4.42. The molecule has 0 radical (unpaired) electrons. The Morgan fingerprint density at radius 2 is 1.94 bits per heavy atom. The SMILES string of the molecule is CN(c1ccccc1)c1ncc(-c2nc(NCCN3C(=O)NC(=O)C3(C)C)ncc2Cl)s1. The summed E-state index contributed by atoms with van der Waals surface area (Å²) < 4.78 is 0. The maximum atomic E-state index is 12.0. The molecule has 0 atom stereocenters. The molecule has 3 aromatic rings. The van der Waals surface area contributed by atoms with Gasteiger partial charge in [0.2, 0.25) is 5.95 Å². The van der Waals surface area contributed by atoms with Crippen molar-refractivity contribution in [1.82, 2.24) is 25.2 Å². The fraction of sp³-hybridized carbons (Fsp3) is 0.286. The first kappa shape index (κ1) is 22.0. The van der Waals surface area contributed by atoms with E-state index in [0.29, 0.717) is 29.8 Å². The lowest BCUT2D eigenvalue weighted by Gasteiger charge is -2.27. The lowest BCUT2D eigenvalue weighted by atomic mass is 10.0. The second kappa shape index (κ2) is 8.71. The number of amides is 3. The summed E-state index contributed by atoms with van der Waals surface area (Å²) in [6.45, 7) is 4.10. The number of hydrogen-bond donors (Lipinski definition) is 2. The lowest BCUT2D eigenvalue weighted by molar-refractivity contribution is -0.125. The fourth-order valence-electron chi connectivity index (χ4n) is 3.27. The van der Waals surface area contributed by atoms with Gasteiger partial charge in [-0.05, 0) is 26.0 Å². The summed E-state index contributed by atoms with van der Waals surface area (Å²) in [4.78, 5) is 41.4. The van der Waals surface area contributed by atoms with Gasteiger partial charge in [-0.15, -0.1) is 0 Å². The maximum Gasteiger partial charge on any atom is 0.325 e. The van der Waals surface area contributed by atoms with Gasteiger partial charge in [-0.25, -0.2) is 19.7 Å². The first-order valence-electron chi connectivity index (χ1n) is 9.92. The number of urea groups is 1. The Morgan fingerprint density at radius 1 is 1.19 bits per heavy atom. The summed E-state index contributed by atoms with van der Waals surface area (Å²) in [6, 6.07) is 9.53. The van der Waals surface area contributed by atoms with Crippen LogP contribution >= 0.6 is 22.9 Å². The van der Waals surface area contributed by atoms with Crippen LogP contribution in [0.25, 0.3) is 10.6 Å². The summed E-state index contributed by atoms with van der Waals surface area (Å²) in [5.41, 5.74) is 0.704. The number of benzene rings is 1. The molecule has 1 aromatic carbocycles. The van der Waals surface area contributed by atoms with Crippen LogP contribution < -0.4 is 15.5 Å². The molecular formula is C21H22ClN7O2S. The van der Waals surface area contributed by atoms with Crippen molar-refractivity contribution in [2.45, 2.75) is 19.4 Å². The van der Waals surface area contributed by atoms with E-state index in [9.17, 15) is 9.59 Å². The van der Waals surface area contributed by atoms with Crippen LogP contribution in [-0.2, 0) is 4.79 Å². The molecule has 1 saturated heterocycles. The highest BCUT2D eigenvalue weighted by Crippen LogP contribution is 2.36. The average molecular weight is 472 g/mol. The Kier molecular flexibility index (Phi) is 5.98. The van der Waals surface area contributed by atoms with Crippen molar-refractivity contribution < 1.29 is 9.59 Å². The molecule has 11 heteroatoms. The summed E-state index contributed by atoms with van der Waals surface area (Å²) in [6.07, 6.45) is 3.27. The second-order valence-electron chi connectivity index (χ2n) is 7.69. The Labute approximate surface area is 194 Å². The third kappa shape index (κ3) is 4.23. The van der Waals surface area contributed by atoms with Crippen LogP contribution in [0.1, 0.15) is 13.8 Å². The Hall–Kier alpha value is -3.24. The predicted octanol–water partition coefficient (Wildman–Crippen LogP) is 3.76. The molecule has 32 heavy (non-hydrogen) atoms. The Balaban J connectivity index is 1.46. The van der Waals surface area contributed by atoms with Crippen LogP contribution in [0.15, 0.2) is 42.7 Å². The minimum absolute atomic E-state index is 0.311. The summed E-state index contributed by atoms with van der Waals surface area (Å²) in [5, 5.41) is 6.65. The van der Waals surface area contributed by atoms with E-state index in [2.05, 4.69) is 25.6 Å². The number of aromatic nitrogens is 3. The smallest absolute Gasteiger partial charge is 0.325 e. The van der Waals surface area contributed by atoms with Gasteiger partial charge in [0.25, 0.3) is 5.91 Å². The number of carbonyl (C=O) groups is 2. The molecule has 0 unspecified atom stereocenters. The number of thiazole rings is 1. The van der Waals surface area contributed by atoms with Gasteiger partial charge in [0.15, 0.2) is 5.13 Å². The van der Waals surface area contributed by atoms with Crippen LogP contribution in [0.2, 0.25) is 5.02 Å². The van der Waals surface area contributed by atoms with Crippen LogP contribution in [0, 0.1) is 0 Å². The summed E-state index contributed by atoms with van der Waals surface area (Å²) >= 11 is 7.83. The number of rotatable bonds is 7. The van der Waals surface area contributed by atoms with Gasteiger partial charge < -0.3 is 15.1 Å². The van der Waals surface area contributed by atoms with E-state index in [1.165, 1.54) is 22.4 Å². The minimum Gasteiger partial charge on any atom is -0.352 e. The van der Waals surface area contributed by atoms with Crippen molar-refractivity contribution in [3.63, 3.8) is 0 Å². The summed E-state index contributed by atoms with van der Waals surface area (Å²) in [7, 11) is 1.95. The zero-order valence-electron chi connectivity index (χ0n) is 17.8. The zero-order valence-corrected chi connectivity index (χ0v) is 19.4. The third-order valence-corrected chi connectivity index (χ3v) is 6.57. The van der Waals surface area contributed by atoms with E-state index < -0.39 is 11.6 Å². The second-order valence-corrected chi connectivity index (χ2v) is 9.10. The van der Waals surface area contributed by atoms with Crippen molar-refractivity contribution in [1.29, 1.82) is 0 Å². The number of para-hydroxylation sites is 1. The molecule has 2 N–H and O–H groups in total. The number of hydrogen-bond acceptors (Lipinski definition) is 8. The van der Waals surface area contributed by atoms with E-state index in [4.69, 9.17) is 11.6 Å². The number of anilines is 3. The van der Waals surface area contributed by atoms with Crippen LogP contribution in [0.4, 0.5) is 21.6 Å². The highest BCUT2D eigenvalue weighted by Gasteiger charge is 2.45. The van der Waals surface area contributed by atoms with Crippen molar-refractivity contribution in [3.8, 4) is 10.6 Å². The van der Waals surface area contributed by atoms with Gasteiger partial charge in [0.05, 0.1) is 16.1 Å². The molecule has 1 aliphatic rings. The normalized spacial score (nSPS) is 15.1. The van der Waals surface area contributed by atoms with Crippen molar-refractivity contribution >= 4 is 51.6 Å². The highest BCUT2D eigenvalue weighted by atomic mass is 35.5. The van der Waals surface area contributed by atoms with Gasteiger partial charge in [-0.1, -0.05) is 41.1 Å². The standard InChI is InChI=1S/C21H22ClN7O2S/c1-21(2)17(30)27-19(31)29(21)10-9-23-18-24-11-14(22)16(26-18)15-12-25-20(32-15)28(3)13-7-5-4-6-8-13/h4-8,11-12H,9-10H2,1-3H3,(H,23,24,26)(H,27,30,31).